The molecule has 0 spiro atoms. The Balaban J connectivity index is 1.25. The third-order valence-corrected chi connectivity index (χ3v) is 6.58. The Labute approximate surface area is 188 Å². The monoisotopic (exact) mass is 451 g/mol. The number of hydrogen-bond donors (Lipinski definition) is 2. The summed E-state index contributed by atoms with van der Waals surface area (Å²) in [5, 5.41) is 6.31. The largest absolute Gasteiger partial charge is 0.496 e. The van der Waals surface area contributed by atoms with Crippen molar-refractivity contribution in [3.05, 3.63) is 64.2 Å². The van der Waals surface area contributed by atoms with Gasteiger partial charge in [0.25, 0.3) is 5.91 Å². The lowest BCUT2D eigenvalue weighted by atomic mass is 10.1. The van der Waals surface area contributed by atoms with Crippen LogP contribution in [0.15, 0.2) is 42.5 Å². The number of aromatic nitrogens is 1. The standard InChI is InChI=1S/C23H21N3O5S/c1-29-16-5-3-2-4-14(16)11-24-22(28)15-7-9-19-20(15)25-23(32-19)26-21(27)13-6-8-17-18(10-13)31-12-30-17/h2-6,8,10,15H,7,9,11-12H2,1H3,(H,24,28)(H,25,26,27). The van der Waals surface area contributed by atoms with Gasteiger partial charge in [-0.3, -0.25) is 14.9 Å². The van der Waals surface area contributed by atoms with E-state index in [9.17, 15) is 9.59 Å². The Hall–Kier alpha value is -3.59. The van der Waals surface area contributed by atoms with E-state index in [1.165, 1.54) is 11.3 Å². The van der Waals surface area contributed by atoms with E-state index >= 15 is 0 Å². The molecule has 5 rings (SSSR count). The van der Waals surface area contributed by atoms with Crippen molar-refractivity contribution in [3.63, 3.8) is 0 Å². The molecule has 1 unspecified atom stereocenters. The van der Waals surface area contributed by atoms with E-state index in [4.69, 9.17) is 14.2 Å². The number of amides is 2. The maximum Gasteiger partial charge on any atom is 0.257 e. The van der Waals surface area contributed by atoms with Crippen LogP contribution in [0.4, 0.5) is 5.13 Å². The van der Waals surface area contributed by atoms with Gasteiger partial charge in [0.15, 0.2) is 16.6 Å². The van der Waals surface area contributed by atoms with Gasteiger partial charge in [0.1, 0.15) is 5.75 Å². The first kappa shape index (κ1) is 20.3. The molecule has 32 heavy (non-hydrogen) atoms. The number of benzene rings is 2. The molecule has 0 radical (unpaired) electrons. The minimum Gasteiger partial charge on any atom is -0.496 e. The van der Waals surface area contributed by atoms with Crippen LogP contribution in [0.25, 0.3) is 0 Å². The highest BCUT2D eigenvalue weighted by Crippen LogP contribution is 2.39. The number of anilines is 1. The molecule has 0 saturated carbocycles. The number of rotatable bonds is 6. The summed E-state index contributed by atoms with van der Waals surface area (Å²) in [4.78, 5) is 31.1. The first-order valence-corrected chi connectivity index (χ1v) is 11.0. The van der Waals surface area contributed by atoms with E-state index in [2.05, 4.69) is 15.6 Å². The van der Waals surface area contributed by atoms with Crippen LogP contribution >= 0.6 is 11.3 Å². The second kappa shape index (κ2) is 8.51. The predicted octanol–water partition coefficient (Wildman–Crippen LogP) is 3.48. The zero-order chi connectivity index (χ0) is 22.1. The van der Waals surface area contributed by atoms with E-state index in [0.29, 0.717) is 35.2 Å². The third kappa shape index (κ3) is 3.87. The molecular formula is C23H21N3O5S. The number of thiazole rings is 1. The number of methoxy groups -OCH3 is 1. The number of carbonyl (C=O) groups excluding carboxylic acids is 2. The molecule has 9 heteroatoms. The van der Waals surface area contributed by atoms with Crippen molar-refractivity contribution in [3.8, 4) is 17.2 Å². The minimum absolute atomic E-state index is 0.0754. The SMILES string of the molecule is COc1ccccc1CNC(=O)C1CCc2sc(NC(=O)c3ccc4c(c3)OCO4)nc21. The van der Waals surface area contributed by atoms with Crippen LogP contribution in [-0.2, 0) is 17.8 Å². The Morgan fingerprint density at radius 2 is 2.03 bits per heavy atom. The quantitative estimate of drug-likeness (QED) is 0.595. The van der Waals surface area contributed by atoms with Crippen LogP contribution < -0.4 is 24.8 Å². The second-order valence-corrected chi connectivity index (χ2v) is 8.55. The average molecular weight is 452 g/mol. The summed E-state index contributed by atoms with van der Waals surface area (Å²) in [5.41, 5.74) is 2.11. The van der Waals surface area contributed by atoms with Crippen molar-refractivity contribution in [2.24, 2.45) is 0 Å². The summed E-state index contributed by atoms with van der Waals surface area (Å²) in [6.07, 6.45) is 1.47. The number of nitrogens with one attached hydrogen (secondary N) is 2. The highest BCUT2D eigenvalue weighted by atomic mass is 32.1. The summed E-state index contributed by atoms with van der Waals surface area (Å²) >= 11 is 1.41. The Morgan fingerprint density at radius 1 is 1.19 bits per heavy atom. The van der Waals surface area contributed by atoms with Crippen LogP contribution in [-0.4, -0.2) is 30.7 Å². The van der Waals surface area contributed by atoms with Crippen molar-refractivity contribution in [2.45, 2.75) is 25.3 Å². The van der Waals surface area contributed by atoms with Gasteiger partial charge in [-0.25, -0.2) is 4.98 Å². The first-order valence-electron chi connectivity index (χ1n) is 10.2. The van der Waals surface area contributed by atoms with Gasteiger partial charge in [-0.05, 0) is 37.1 Å². The lowest BCUT2D eigenvalue weighted by molar-refractivity contribution is -0.122. The lowest BCUT2D eigenvalue weighted by Gasteiger charge is -2.12. The molecule has 1 aliphatic carbocycles. The van der Waals surface area contributed by atoms with Gasteiger partial charge >= 0.3 is 0 Å². The Kier molecular flexibility index (Phi) is 5.40. The molecule has 1 aliphatic heterocycles. The molecule has 3 aromatic rings. The molecule has 2 aromatic carbocycles. The summed E-state index contributed by atoms with van der Waals surface area (Å²) < 4.78 is 16.0. The van der Waals surface area contributed by atoms with E-state index in [1.54, 1.807) is 25.3 Å². The molecule has 164 valence electrons. The number of para-hydroxylation sites is 1. The van der Waals surface area contributed by atoms with Crippen LogP contribution in [0.1, 0.15) is 38.8 Å². The van der Waals surface area contributed by atoms with Crippen molar-refractivity contribution in [1.82, 2.24) is 10.3 Å². The maximum atomic E-state index is 12.8. The summed E-state index contributed by atoms with van der Waals surface area (Å²) in [5.74, 6) is 1.22. The highest BCUT2D eigenvalue weighted by Gasteiger charge is 2.33. The van der Waals surface area contributed by atoms with Gasteiger partial charge in [-0.2, -0.15) is 0 Å². The van der Waals surface area contributed by atoms with Crippen molar-refractivity contribution in [2.75, 3.05) is 19.2 Å². The van der Waals surface area contributed by atoms with Gasteiger partial charge in [-0.1, -0.05) is 18.2 Å². The lowest BCUT2D eigenvalue weighted by Crippen LogP contribution is -2.28. The molecular weight excluding hydrogens is 430 g/mol. The smallest absolute Gasteiger partial charge is 0.257 e. The van der Waals surface area contributed by atoms with Crippen LogP contribution in [0.3, 0.4) is 0 Å². The molecule has 8 nitrogen and oxygen atoms in total. The zero-order valence-corrected chi connectivity index (χ0v) is 18.2. The fourth-order valence-electron chi connectivity index (χ4n) is 3.90. The second-order valence-electron chi connectivity index (χ2n) is 7.47. The van der Waals surface area contributed by atoms with Gasteiger partial charge in [0.05, 0.1) is 18.7 Å². The number of aryl methyl sites for hydroxylation is 1. The Morgan fingerprint density at radius 3 is 2.91 bits per heavy atom. The minimum atomic E-state index is -0.327. The van der Waals surface area contributed by atoms with Gasteiger partial charge < -0.3 is 19.5 Å². The van der Waals surface area contributed by atoms with Crippen LogP contribution in [0.2, 0.25) is 0 Å². The summed E-state index contributed by atoms with van der Waals surface area (Å²) in [6.45, 7) is 0.534. The predicted molar refractivity (Wildman–Crippen MR) is 119 cm³/mol. The number of hydrogen-bond acceptors (Lipinski definition) is 7. The molecule has 0 saturated heterocycles. The van der Waals surface area contributed by atoms with Gasteiger partial charge in [0.2, 0.25) is 12.7 Å². The third-order valence-electron chi connectivity index (χ3n) is 5.54. The maximum absolute atomic E-state index is 12.8. The average Bonchev–Trinajstić information content (AvgIpc) is 3.52. The molecule has 2 amide bonds. The molecule has 1 atom stereocenters. The molecule has 2 aliphatic rings. The molecule has 2 N–H and O–H groups in total. The van der Waals surface area contributed by atoms with Crippen molar-refractivity contribution in [1.29, 1.82) is 0 Å². The van der Waals surface area contributed by atoms with E-state index in [0.717, 1.165) is 28.3 Å². The zero-order valence-electron chi connectivity index (χ0n) is 17.3. The normalized spacial score (nSPS) is 15.8. The summed E-state index contributed by atoms with van der Waals surface area (Å²) in [6, 6.07) is 12.6. The van der Waals surface area contributed by atoms with E-state index < -0.39 is 0 Å². The van der Waals surface area contributed by atoms with E-state index in [1.807, 2.05) is 24.3 Å². The van der Waals surface area contributed by atoms with Gasteiger partial charge in [0, 0.05) is 22.5 Å². The Bertz CT molecular complexity index is 1190. The number of carbonyl (C=O) groups is 2. The van der Waals surface area contributed by atoms with E-state index in [-0.39, 0.29) is 24.5 Å². The number of ether oxygens (including phenoxy) is 3. The first-order chi connectivity index (χ1) is 15.6. The van der Waals surface area contributed by atoms with Gasteiger partial charge in [-0.15, -0.1) is 11.3 Å². The molecule has 2 heterocycles. The van der Waals surface area contributed by atoms with Crippen molar-refractivity contribution >= 4 is 28.3 Å². The molecule has 0 fully saturated rings. The molecule has 1 aromatic heterocycles. The number of nitrogens with zero attached hydrogens (tertiary/aromatic N) is 1. The molecule has 0 bridgehead atoms. The fraction of sp³-hybridized carbons (Fsp3) is 0.261. The number of fused-ring (bicyclic) bond motifs is 2. The highest BCUT2D eigenvalue weighted by molar-refractivity contribution is 7.16. The fourth-order valence-corrected chi connectivity index (χ4v) is 4.93. The topological polar surface area (TPSA) is 98.8 Å². The van der Waals surface area contributed by atoms with Crippen molar-refractivity contribution < 1.29 is 23.8 Å². The van der Waals surface area contributed by atoms with Crippen LogP contribution in [0.5, 0.6) is 17.2 Å². The summed E-state index contributed by atoms with van der Waals surface area (Å²) in [7, 11) is 1.61. The van der Waals surface area contributed by atoms with Crippen LogP contribution in [0, 0.1) is 0 Å².